The maximum Gasteiger partial charge on any atom is 0.00581 e. The van der Waals surface area contributed by atoms with Gasteiger partial charge in [-0.05, 0) is 30.6 Å². The van der Waals surface area contributed by atoms with Crippen LogP contribution in [0.5, 0.6) is 0 Å². The first kappa shape index (κ1) is 14.3. The zero-order valence-electron chi connectivity index (χ0n) is 10.4. The van der Waals surface area contributed by atoms with Crippen LogP contribution < -0.4 is 5.32 Å². The van der Waals surface area contributed by atoms with Crippen LogP contribution >= 0.6 is 11.8 Å². The van der Waals surface area contributed by atoms with Gasteiger partial charge in [0.2, 0.25) is 0 Å². The van der Waals surface area contributed by atoms with Gasteiger partial charge in [-0.1, -0.05) is 34.1 Å². The Kier molecular flexibility index (Phi) is 8.80. The molecule has 0 aromatic rings. The van der Waals surface area contributed by atoms with Crippen LogP contribution in [-0.4, -0.2) is 24.6 Å². The summed E-state index contributed by atoms with van der Waals surface area (Å²) < 4.78 is 0. The molecule has 0 aliphatic carbocycles. The molecule has 86 valence electrons. The van der Waals surface area contributed by atoms with E-state index in [0.717, 1.165) is 6.54 Å². The normalized spacial score (nSPS) is 12.0. The summed E-state index contributed by atoms with van der Waals surface area (Å²) in [6.45, 7) is 11.5. The summed E-state index contributed by atoms with van der Waals surface area (Å²) in [6, 6.07) is 0. The number of nitrogens with one attached hydrogen (secondary N) is 1. The van der Waals surface area contributed by atoms with Gasteiger partial charge in [0.05, 0.1) is 0 Å². The van der Waals surface area contributed by atoms with Crippen LogP contribution in [0.4, 0.5) is 0 Å². The molecule has 0 amide bonds. The van der Waals surface area contributed by atoms with E-state index in [0.29, 0.717) is 5.41 Å². The van der Waals surface area contributed by atoms with Gasteiger partial charge in [-0.25, -0.2) is 0 Å². The molecule has 0 spiro atoms. The van der Waals surface area contributed by atoms with Gasteiger partial charge in [0, 0.05) is 12.3 Å². The fourth-order valence-electron chi connectivity index (χ4n) is 1.08. The molecule has 1 N–H and O–H groups in total. The van der Waals surface area contributed by atoms with Crippen molar-refractivity contribution >= 4 is 11.8 Å². The van der Waals surface area contributed by atoms with E-state index in [1.54, 1.807) is 0 Å². The predicted molar refractivity (Wildman–Crippen MR) is 69.2 cm³/mol. The van der Waals surface area contributed by atoms with Crippen molar-refractivity contribution in [3.8, 4) is 0 Å². The van der Waals surface area contributed by atoms with E-state index in [-0.39, 0.29) is 0 Å². The Bertz CT molecular complexity index is 118. The second-order valence-corrected chi connectivity index (χ2v) is 6.25. The molecule has 0 aliphatic heterocycles. The van der Waals surface area contributed by atoms with Gasteiger partial charge in [-0.2, -0.15) is 11.8 Å². The number of hydrogen-bond donors (Lipinski definition) is 1. The minimum atomic E-state index is 0.475. The Balaban J connectivity index is 2.99. The molecule has 0 radical (unpaired) electrons. The van der Waals surface area contributed by atoms with Crippen LogP contribution in [0.15, 0.2) is 0 Å². The van der Waals surface area contributed by atoms with Crippen LogP contribution in [0.2, 0.25) is 0 Å². The van der Waals surface area contributed by atoms with Crippen molar-refractivity contribution in [1.29, 1.82) is 0 Å². The second-order valence-electron chi connectivity index (χ2n) is 5.03. The topological polar surface area (TPSA) is 12.0 Å². The van der Waals surface area contributed by atoms with E-state index in [9.17, 15) is 0 Å². The maximum absolute atomic E-state index is 3.50. The van der Waals surface area contributed by atoms with Crippen LogP contribution in [0, 0.1) is 5.41 Å². The lowest BCUT2D eigenvalue weighted by atomic mass is 9.92. The summed E-state index contributed by atoms with van der Waals surface area (Å²) in [6.07, 6.45) is 3.96. The summed E-state index contributed by atoms with van der Waals surface area (Å²) in [5.74, 6) is 2.60. The molecule has 2 heteroatoms. The number of thioether (sulfide) groups is 1. The number of unbranched alkanes of at least 4 members (excludes halogenated alkanes) is 1. The van der Waals surface area contributed by atoms with Gasteiger partial charge >= 0.3 is 0 Å². The Morgan fingerprint density at radius 1 is 1.07 bits per heavy atom. The van der Waals surface area contributed by atoms with Crippen LogP contribution in [0.3, 0.4) is 0 Å². The number of rotatable bonds is 8. The van der Waals surface area contributed by atoms with Crippen molar-refractivity contribution < 1.29 is 0 Å². The summed E-state index contributed by atoms with van der Waals surface area (Å²) in [7, 11) is 0. The van der Waals surface area contributed by atoms with Gasteiger partial charge in [0.25, 0.3) is 0 Å². The van der Waals surface area contributed by atoms with Gasteiger partial charge < -0.3 is 5.32 Å². The number of hydrogen-bond acceptors (Lipinski definition) is 2. The zero-order chi connectivity index (χ0) is 10.9. The molecule has 0 bridgehead atoms. The molecule has 14 heavy (non-hydrogen) atoms. The van der Waals surface area contributed by atoms with E-state index in [4.69, 9.17) is 0 Å². The van der Waals surface area contributed by atoms with Crippen molar-refractivity contribution in [2.75, 3.05) is 24.6 Å². The minimum absolute atomic E-state index is 0.475. The van der Waals surface area contributed by atoms with Gasteiger partial charge in [0.1, 0.15) is 0 Å². The Morgan fingerprint density at radius 3 is 2.36 bits per heavy atom. The van der Waals surface area contributed by atoms with Crippen LogP contribution in [-0.2, 0) is 0 Å². The lowest BCUT2D eigenvalue weighted by Gasteiger charge is -2.17. The molecule has 0 fully saturated rings. The largest absolute Gasteiger partial charge is 0.316 e. The van der Waals surface area contributed by atoms with Gasteiger partial charge in [-0.3, -0.25) is 0 Å². The quantitative estimate of drug-likeness (QED) is 0.624. The van der Waals surface area contributed by atoms with E-state index < -0.39 is 0 Å². The highest BCUT2D eigenvalue weighted by atomic mass is 32.2. The lowest BCUT2D eigenvalue weighted by molar-refractivity contribution is 0.369. The highest BCUT2D eigenvalue weighted by Crippen LogP contribution is 2.16. The first-order valence-corrected chi connectivity index (χ1v) is 7.00. The summed E-state index contributed by atoms with van der Waals surface area (Å²) in [5.41, 5.74) is 0.475. The Morgan fingerprint density at radius 2 is 1.79 bits per heavy atom. The first-order chi connectivity index (χ1) is 6.56. The molecule has 0 atom stereocenters. The summed E-state index contributed by atoms with van der Waals surface area (Å²) in [4.78, 5) is 0. The smallest absolute Gasteiger partial charge is 0.00581 e. The van der Waals surface area contributed by atoms with E-state index in [1.165, 1.54) is 37.3 Å². The molecular formula is C12H27NS. The molecule has 0 rings (SSSR count). The zero-order valence-corrected chi connectivity index (χ0v) is 11.2. The lowest BCUT2D eigenvalue weighted by Crippen LogP contribution is -2.22. The van der Waals surface area contributed by atoms with Crippen molar-refractivity contribution in [3.63, 3.8) is 0 Å². The fraction of sp³-hybridized carbons (Fsp3) is 1.00. The average Bonchev–Trinajstić information content (AvgIpc) is 2.08. The predicted octanol–water partition coefficient (Wildman–Crippen LogP) is 3.55. The monoisotopic (exact) mass is 217 g/mol. The molecule has 0 heterocycles. The van der Waals surface area contributed by atoms with Gasteiger partial charge in [-0.15, -0.1) is 0 Å². The summed E-state index contributed by atoms with van der Waals surface area (Å²) >= 11 is 2.07. The molecule has 1 nitrogen and oxygen atoms in total. The third-order valence-electron chi connectivity index (χ3n) is 2.12. The molecular weight excluding hydrogens is 190 g/mol. The van der Waals surface area contributed by atoms with Crippen molar-refractivity contribution in [1.82, 2.24) is 5.32 Å². The summed E-state index contributed by atoms with van der Waals surface area (Å²) in [5, 5.41) is 3.50. The molecule has 0 unspecified atom stereocenters. The molecule has 0 saturated heterocycles. The maximum atomic E-state index is 3.50. The third-order valence-corrected chi connectivity index (χ3v) is 3.19. The molecule has 0 aromatic carbocycles. The highest BCUT2D eigenvalue weighted by Gasteiger charge is 2.08. The third kappa shape index (κ3) is 12.3. The van der Waals surface area contributed by atoms with Crippen LogP contribution in [0.1, 0.15) is 47.0 Å². The Labute approximate surface area is 94.4 Å². The van der Waals surface area contributed by atoms with Crippen molar-refractivity contribution in [3.05, 3.63) is 0 Å². The fourth-order valence-corrected chi connectivity index (χ4v) is 2.07. The second kappa shape index (κ2) is 8.60. The Hall–Kier alpha value is 0.310. The van der Waals surface area contributed by atoms with Crippen molar-refractivity contribution in [2.45, 2.75) is 47.0 Å². The van der Waals surface area contributed by atoms with E-state index in [1.807, 2.05) is 0 Å². The van der Waals surface area contributed by atoms with Crippen molar-refractivity contribution in [2.24, 2.45) is 5.41 Å². The van der Waals surface area contributed by atoms with Crippen LogP contribution in [0.25, 0.3) is 0 Å². The molecule has 0 saturated carbocycles. The van der Waals surface area contributed by atoms with Gasteiger partial charge in [0.15, 0.2) is 0 Å². The molecule has 0 aliphatic rings. The average molecular weight is 217 g/mol. The highest BCUT2D eigenvalue weighted by molar-refractivity contribution is 7.99. The molecule has 0 aromatic heterocycles. The first-order valence-electron chi connectivity index (χ1n) is 5.85. The van der Waals surface area contributed by atoms with E-state index >= 15 is 0 Å². The standard InChI is InChI=1S/C12H27NS/c1-5-6-10-14-11-9-13-8-7-12(2,3)4/h13H,5-11H2,1-4H3. The minimum Gasteiger partial charge on any atom is -0.316 e. The SMILES string of the molecule is CCCCSCCNCCC(C)(C)C. The van der Waals surface area contributed by atoms with E-state index in [2.05, 4.69) is 44.8 Å².